The molecule has 130 valence electrons. The highest BCUT2D eigenvalue weighted by Crippen LogP contribution is 2.33. The van der Waals surface area contributed by atoms with Crippen LogP contribution in [0.25, 0.3) is 10.8 Å². The molecular formula is C17H14O6S2. The standard InChI is InChI=1S/C17H14O6S2/c1-12-8-10-14(11-9-12)25(21,22)23-15-6-2-4-13-5-3-7-16(17(13)15)24(18,19)20/h2-11H,1H3,(H,18,19,20). The van der Waals surface area contributed by atoms with E-state index in [1.165, 1.54) is 36.4 Å². The second-order valence-electron chi connectivity index (χ2n) is 5.44. The average molecular weight is 378 g/mol. The Kier molecular flexibility index (Phi) is 4.28. The lowest BCUT2D eigenvalue weighted by Crippen LogP contribution is -2.10. The fourth-order valence-corrected chi connectivity index (χ4v) is 4.10. The molecule has 0 aliphatic carbocycles. The van der Waals surface area contributed by atoms with Crippen molar-refractivity contribution in [2.24, 2.45) is 0 Å². The molecule has 0 unspecified atom stereocenters. The van der Waals surface area contributed by atoms with Gasteiger partial charge >= 0.3 is 10.1 Å². The Morgan fingerprint density at radius 1 is 0.840 bits per heavy atom. The van der Waals surface area contributed by atoms with Crippen LogP contribution in [0.2, 0.25) is 0 Å². The molecule has 3 aromatic carbocycles. The average Bonchev–Trinajstić information content (AvgIpc) is 2.54. The maximum atomic E-state index is 12.5. The van der Waals surface area contributed by atoms with Crippen LogP contribution in [0.3, 0.4) is 0 Å². The van der Waals surface area contributed by atoms with Crippen LogP contribution in [-0.4, -0.2) is 21.4 Å². The van der Waals surface area contributed by atoms with Crippen molar-refractivity contribution in [3.8, 4) is 5.75 Å². The van der Waals surface area contributed by atoms with Gasteiger partial charge in [-0.2, -0.15) is 16.8 Å². The largest absolute Gasteiger partial charge is 0.378 e. The Balaban J connectivity index is 2.18. The Morgan fingerprint density at radius 3 is 2.04 bits per heavy atom. The van der Waals surface area contributed by atoms with Gasteiger partial charge in [0.25, 0.3) is 10.1 Å². The van der Waals surface area contributed by atoms with Gasteiger partial charge in [-0.05, 0) is 36.6 Å². The van der Waals surface area contributed by atoms with Crippen molar-refractivity contribution in [3.05, 3.63) is 66.2 Å². The van der Waals surface area contributed by atoms with E-state index >= 15 is 0 Å². The van der Waals surface area contributed by atoms with Crippen LogP contribution < -0.4 is 4.18 Å². The third-order valence-electron chi connectivity index (χ3n) is 3.62. The molecule has 0 saturated heterocycles. The fraction of sp³-hybridized carbons (Fsp3) is 0.0588. The van der Waals surface area contributed by atoms with Crippen molar-refractivity contribution in [1.29, 1.82) is 0 Å². The Bertz CT molecular complexity index is 1140. The van der Waals surface area contributed by atoms with E-state index in [4.69, 9.17) is 4.18 Å². The first kappa shape index (κ1) is 17.4. The van der Waals surface area contributed by atoms with Gasteiger partial charge in [-0.3, -0.25) is 4.55 Å². The molecule has 8 heteroatoms. The van der Waals surface area contributed by atoms with Gasteiger partial charge in [-0.1, -0.05) is 42.0 Å². The van der Waals surface area contributed by atoms with Crippen molar-refractivity contribution in [1.82, 2.24) is 0 Å². The zero-order valence-corrected chi connectivity index (χ0v) is 14.7. The summed E-state index contributed by atoms with van der Waals surface area (Å²) in [5, 5.41) is 0.426. The summed E-state index contributed by atoms with van der Waals surface area (Å²) < 4.78 is 62.8. The molecule has 0 spiro atoms. The molecule has 0 atom stereocenters. The van der Waals surface area contributed by atoms with Gasteiger partial charge in [0.1, 0.15) is 9.79 Å². The smallest absolute Gasteiger partial charge is 0.339 e. The molecule has 0 heterocycles. The van der Waals surface area contributed by atoms with Crippen LogP contribution in [0, 0.1) is 6.92 Å². The number of hydrogen-bond donors (Lipinski definition) is 1. The first-order valence-corrected chi connectivity index (χ1v) is 10.0. The zero-order chi connectivity index (χ0) is 18.2. The number of aryl methyl sites for hydroxylation is 1. The van der Waals surface area contributed by atoms with Crippen LogP contribution in [0.4, 0.5) is 0 Å². The lowest BCUT2D eigenvalue weighted by molar-refractivity contribution is 0.479. The maximum absolute atomic E-state index is 12.5. The fourth-order valence-electron chi connectivity index (χ4n) is 2.43. The van der Waals surface area contributed by atoms with Gasteiger partial charge in [0.15, 0.2) is 5.75 Å². The molecule has 0 aromatic heterocycles. The zero-order valence-electron chi connectivity index (χ0n) is 13.1. The van der Waals surface area contributed by atoms with Crippen LogP contribution in [0.5, 0.6) is 5.75 Å². The van der Waals surface area contributed by atoms with Gasteiger partial charge in [0, 0.05) is 5.39 Å². The summed E-state index contributed by atoms with van der Waals surface area (Å²) in [6.45, 7) is 1.82. The Labute approximate surface area is 145 Å². The van der Waals surface area contributed by atoms with E-state index in [0.717, 1.165) is 5.56 Å². The van der Waals surface area contributed by atoms with Gasteiger partial charge in [-0.25, -0.2) is 0 Å². The second kappa shape index (κ2) is 6.14. The number of fused-ring (bicyclic) bond motifs is 1. The summed E-state index contributed by atoms with van der Waals surface area (Å²) >= 11 is 0. The van der Waals surface area contributed by atoms with Crippen LogP contribution in [-0.2, 0) is 20.2 Å². The third-order valence-corrected chi connectivity index (χ3v) is 5.76. The molecule has 0 fully saturated rings. The van der Waals surface area contributed by atoms with Crippen molar-refractivity contribution in [2.75, 3.05) is 0 Å². The molecule has 0 bridgehead atoms. The van der Waals surface area contributed by atoms with Crippen LogP contribution in [0.15, 0.2) is 70.5 Å². The minimum Gasteiger partial charge on any atom is -0.378 e. The van der Waals surface area contributed by atoms with E-state index < -0.39 is 25.1 Å². The molecule has 0 aliphatic rings. The van der Waals surface area contributed by atoms with Gasteiger partial charge in [0.2, 0.25) is 0 Å². The lowest BCUT2D eigenvalue weighted by Gasteiger charge is -2.12. The predicted octanol–water partition coefficient (Wildman–Crippen LogP) is 3.16. The highest BCUT2D eigenvalue weighted by molar-refractivity contribution is 7.87. The van der Waals surface area contributed by atoms with Gasteiger partial charge in [-0.15, -0.1) is 0 Å². The molecule has 0 amide bonds. The topological polar surface area (TPSA) is 97.7 Å². The van der Waals surface area contributed by atoms with E-state index in [1.807, 2.05) is 6.92 Å². The summed E-state index contributed by atoms with van der Waals surface area (Å²) in [6, 6.07) is 14.8. The van der Waals surface area contributed by atoms with Gasteiger partial charge in [0.05, 0.1) is 0 Å². The van der Waals surface area contributed by atoms with Crippen molar-refractivity contribution < 1.29 is 25.6 Å². The van der Waals surface area contributed by atoms with Crippen LogP contribution >= 0.6 is 0 Å². The highest BCUT2D eigenvalue weighted by atomic mass is 32.2. The van der Waals surface area contributed by atoms with Crippen molar-refractivity contribution in [3.63, 3.8) is 0 Å². The molecule has 1 N–H and O–H groups in total. The number of rotatable bonds is 4. The molecular weight excluding hydrogens is 364 g/mol. The van der Waals surface area contributed by atoms with Crippen molar-refractivity contribution in [2.45, 2.75) is 16.7 Å². The summed E-state index contributed by atoms with van der Waals surface area (Å²) in [7, 11) is -8.71. The van der Waals surface area contributed by atoms with Crippen molar-refractivity contribution >= 4 is 31.0 Å². The summed E-state index contributed by atoms with van der Waals surface area (Å²) in [4.78, 5) is -0.473. The van der Waals surface area contributed by atoms with E-state index in [2.05, 4.69) is 0 Å². The molecule has 6 nitrogen and oxygen atoms in total. The molecule has 0 radical (unpaired) electrons. The Morgan fingerprint density at radius 2 is 1.44 bits per heavy atom. The summed E-state index contributed by atoms with van der Waals surface area (Å²) in [6.07, 6.45) is 0. The predicted molar refractivity (Wildman–Crippen MR) is 92.8 cm³/mol. The van der Waals surface area contributed by atoms with E-state index in [9.17, 15) is 21.4 Å². The lowest BCUT2D eigenvalue weighted by atomic mass is 10.1. The Hall–Kier alpha value is -2.42. The van der Waals surface area contributed by atoms with E-state index in [-0.39, 0.29) is 16.0 Å². The van der Waals surface area contributed by atoms with Gasteiger partial charge < -0.3 is 4.18 Å². The molecule has 3 aromatic rings. The van der Waals surface area contributed by atoms with Crippen LogP contribution in [0.1, 0.15) is 5.56 Å². The summed E-state index contributed by atoms with van der Waals surface area (Å²) in [5.74, 6) is -0.175. The van der Waals surface area contributed by atoms with E-state index in [1.54, 1.807) is 24.3 Å². The minimum atomic E-state index is -4.55. The first-order chi connectivity index (χ1) is 11.7. The monoisotopic (exact) mass is 378 g/mol. The highest BCUT2D eigenvalue weighted by Gasteiger charge is 2.22. The normalized spacial score (nSPS) is 12.2. The molecule has 0 aliphatic heterocycles. The molecule has 25 heavy (non-hydrogen) atoms. The number of benzene rings is 3. The quantitative estimate of drug-likeness (QED) is 0.553. The molecule has 0 saturated carbocycles. The minimum absolute atomic E-state index is 0.00295. The first-order valence-electron chi connectivity index (χ1n) is 7.19. The summed E-state index contributed by atoms with van der Waals surface area (Å²) in [5.41, 5.74) is 0.887. The second-order valence-corrected chi connectivity index (χ2v) is 8.37. The maximum Gasteiger partial charge on any atom is 0.339 e. The SMILES string of the molecule is Cc1ccc(S(=O)(=O)Oc2cccc3cccc(S(=O)(=O)O)c23)cc1. The van der Waals surface area contributed by atoms with E-state index in [0.29, 0.717) is 5.39 Å². The third kappa shape index (κ3) is 3.51. The molecule has 3 rings (SSSR count). The number of hydrogen-bond acceptors (Lipinski definition) is 5.